The Morgan fingerprint density at radius 3 is 2.70 bits per heavy atom. The molecule has 2 amide bonds. The van der Waals surface area contributed by atoms with Gasteiger partial charge in [-0.2, -0.15) is 0 Å². The molecule has 0 aromatic carbocycles. The molecular formula is C14H18N4O2. The van der Waals surface area contributed by atoms with E-state index < -0.39 is 0 Å². The highest BCUT2D eigenvalue weighted by atomic mass is 16.2. The summed E-state index contributed by atoms with van der Waals surface area (Å²) >= 11 is 0. The second kappa shape index (κ2) is 5.19. The normalized spacial score (nSPS) is 21.9. The first-order valence-corrected chi connectivity index (χ1v) is 7.05. The summed E-state index contributed by atoms with van der Waals surface area (Å²) < 4.78 is 0. The molecule has 106 valence electrons. The molecule has 0 spiro atoms. The van der Waals surface area contributed by atoms with Crippen LogP contribution < -0.4 is 5.32 Å². The number of carbonyl (C=O) groups excluding carboxylic acids is 2. The van der Waals surface area contributed by atoms with Crippen LogP contribution in [0.3, 0.4) is 0 Å². The van der Waals surface area contributed by atoms with Crippen molar-refractivity contribution in [2.45, 2.75) is 44.7 Å². The van der Waals surface area contributed by atoms with Gasteiger partial charge in [0.25, 0.3) is 5.91 Å². The van der Waals surface area contributed by atoms with Crippen molar-refractivity contribution >= 4 is 11.8 Å². The Labute approximate surface area is 117 Å². The fourth-order valence-electron chi connectivity index (χ4n) is 2.46. The maximum absolute atomic E-state index is 12.4. The summed E-state index contributed by atoms with van der Waals surface area (Å²) in [5.41, 5.74) is 1.08. The van der Waals surface area contributed by atoms with Gasteiger partial charge in [0, 0.05) is 18.8 Å². The molecule has 0 bridgehead atoms. The van der Waals surface area contributed by atoms with Crippen molar-refractivity contribution in [2.24, 2.45) is 0 Å². The van der Waals surface area contributed by atoms with Crippen LogP contribution in [0.2, 0.25) is 0 Å². The number of hydrogen-bond acceptors (Lipinski definition) is 4. The van der Waals surface area contributed by atoms with Crippen molar-refractivity contribution in [3.05, 3.63) is 23.8 Å². The molecule has 2 heterocycles. The zero-order valence-corrected chi connectivity index (χ0v) is 11.5. The number of likely N-dealkylation sites (tertiary alicyclic amines) is 1. The van der Waals surface area contributed by atoms with E-state index in [1.165, 1.54) is 6.20 Å². The molecule has 1 atom stereocenters. The van der Waals surface area contributed by atoms with Crippen LogP contribution in [0, 0.1) is 6.92 Å². The lowest BCUT2D eigenvalue weighted by molar-refractivity contribution is -0.125. The molecule has 1 aromatic heterocycles. The van der Waals surface area contributed by atoms with Crippen molar-refractivity contribution in [3.8, 4) is 0 Å². The molecule has 1 unspecified atom stereocenters. The van der Waals surface area contributed by atoms with Gasteiger partial charge in [0.1, 0.15) is 11.7 Å². The first kappa shape index (κ1) is 13.0. The van der Waals surface area contributed by atoms with Crippen LogP contribution in [0.15, 0.2) is 12.4 Å². The van der Waals surface area contributed by atoms with Crippen LogP contribution in [0.4, 0.5) is 0 Å². The monoisotopic (exact) mass is 274 g/mol. The lowest BCUT2D eigenvalue weighted by Gasteiger charge is -2.23. The molecule has 1 aliphatic carbocycles. The molecule has 1 N–H and O–H groups in total. The second-order valence-corrected chi connectivity index (χ2v) is 5.48. The lowest BCUT2D eigenvalue weighted by atomic mass is 10.2. The van der Waals surface area contributed by atoms with Gasteiger partial charge in [0.15, 0.2) is 0 Å². The first-order valence-electron chi connectivity index (χ1n) is 7.05. The van der Waals surface area contributed by atoms with Crippen LogP contribution in [-0.4, -0.2) is 45.3 Å². The highest BCUT2D eigenvalue weighted by molar-refractivity contribution is 5.96. The van der Waals surface area contributed by atoms with E-state index >= 15 is 0 Å². The van der Waals surface area contributed by atoms with Gasteiger partial charge in [-0.3, -0.25) is 14.6 Å². The Hall–Kier alpha value is -1.98. The van der Waals surface area contributed by atoms with Crippen LogP contribution in [-0.2, 0) is 4.79 Å². The van der Waals surface area contributed by atoms with Gasteiger partial charge in [-0.15, -0.1) is 0 Å². The Bertz CT molecular complexity index is 524. The molecule has 1 aliphatic heterocycles. The van der Waals surface area contributed by atoms with Gasteiger partial charge in [0.05, 0.1) is 11.9 Å². The van der Waals surface area contributed by atoms with Crippen LogP contribution in [0.1, 0.15) is 41.9 Å². The number of rotatable bonds is 3. The third kappa shape index (κ3) is 2.64. The minimum Gasteiger partial charge on any atom is -0.352 e. The molecule has 3 rings (SSSR count). The zero-order chi connectivity index (χ0) is 14.1. The van der Waals surface area contributed by atoms with Gasteiger partial charge >= 0.3 is 0 Å². The number of carbonyl (C=O) groups is 2. The van der Waals surface area contributed by atoms with Gasteiger partial charge in [-0.05, 0) is 32.6 Å². The molecule has 0 radical (unpaired) electrons. The Balaban J connectivity index is 1.72. The summed E-state index contributed by atoms with van der Waals surface area (Å²) in [4.78, 5) is 34.4. The molecule has 20 heavy (non-hydrogen) atoms. The van der Waals surface area contributed by atoms with Crippen molar-refractivity contribution in [1.29, 1.82) is 0 Å². The average molecular weight is 274 g/mol. The van der Waals surface area contributed by atoms with Crippen molar-refractivity contribution in [1.82, 2.24) is 20.2 Å². The smallest absolute Gasteiger partial charge is 0.274 e. The average Bonchev–Trinajstić information content (AvgIpc) is 3.11. The van der Waals surface area contributed by atoms with Crippen molar-refractivity contribution in [3.63, 3.8) is 0 Å². The van der Waals surface area contributed by atoms with E-state index in [9.17, 15) is 9.59 Å². The largest absolute Gasteiger partial charge is 0.352 e. The standard InChI is InChI=1S/C14H18N4O2/c1-9-7-16-11(8-15-9)14(20)18-6-2-3-12(18)13(19)17-10-4-5-10/h7-8,10,12H,2-6H2,1H3,(H,17,19). The van der Waals surface area contributed by atoms with Crippen LogP contribution >= 0.6 is 0 Å². The molecule has 1 aromatic rings. The zero-order valence-electron chi connectivity index (χ0n) is 11.5. The van der Waals surface area contributed by atoms with Gasteiger partial charge in [-0.1, -0.05) is 0 Å². The summed E-state index contributed by atoms with van der Waals surface area (Å²) in [5.74, 6) is -0.232. The number of amides is 2. The number of nitrogens with one attached hydrogen (secondary N) is 1. The first-order chi connectivity index (χ1) is 9.65. The summed E-state index contributed by atoms with van der Waals surface area (Å²) in [6, 6.07) is -0.0366. The number of aromatic nitrogens is 2. The summed E-state index contributed by atoms with van der Waals surface area (Å²) in [6.07, 6.45) is 6.73. The highest BCUT2D eigenvalue weighted by Gasteiger charge is 2.37. The summed E-state index contributed by atoms with van der Waals surface area (Å²) in [5, 5.41) is 2.97. The molecule has 1 saturated heterocycles. The molecular weight excluding hydrogens is 256 g/mol. The minimum absolute atomic E-state index is 0.0292. The molecule has 6 nitrogen and oxygen atoms in total. The third-order valence-corrected chi connectivity index (χ3v) is 3.74. The van der Waals surface area contributed by atoms with E-state index in [-0.39, 0.29) is 17.9 Å². The number of hydrogen-bond donors (Lipinski definition) is 1. The second-order valence-electron chi connectivity index (χ2n) is 5.48. The minimum atomic E-state index is -0.355. The maximum atomic E-state index is 12.4. The van der Waals surface area contributed by atoms with Crippen molar-refractivity contribution in [2.75, 3.05) is 6.54 Å². The van der Waals surface area contributed by atoms with E-state index in [1.807, 2.05) is 6.92 Å². The molecule has 2 fully saturated rings. The van der Waals surface area contributed by atoms with Gasteiger partial charge < -0.3 is 10.2 Å². The fraction of sp³-hybridized carbons (Fsp3) is 0.571. The van der Waals surface area contributed by atoms with E-state index in [0.29, 0.717) is 18.3 Å². The van der Waals surface area contributed by atoms with E-state index in [1.54, 1.807) is 11.1 Å². The quantitative estimate of drug-likeness (QED) is 0.879. The molecule has 6 heteroatoms. The van der Waals surface area contributed by atoms with E-state index in [4.69, 9.17) is 0 Å². The highest BCUT2D eigenvalue weighted by Crippen LogP contribution is 2.23. The summed E-state index contributed by atoms with van der Waals surface area (Å²) in [6.45, 7) is 2.43. The van der Waals surface area contributed by atoms with E-state index in [2.05, 4.69) is 15.3 Å². The number of nitrogens with zero attached hydrogens (tertiary/aromatic N) is 3. The molecule has 1 saturated carbocycles. The van der Waals surface area contributed by atoms with Gasteiger partial charge in [-0.25, -0.2) is 4.98 Å². The summed E-state index contributed by atoms with van der Waals surface area (Å²) in [7, 11) is 0. The Kier molecular flexibility index (Phi) is 3.38. The predicted octanol–water partition coefficient (Wildman–Crippen LogP) is 0.668. The van der Waals surface area contributed by atoms with Gasteiger partial charge in [0.2, 0.25) is 5.91 Å². The lowest BCUT2D eigenvalue weighted by Crippen LogP contribution is -2.46. The fourth-order valence-corrected chi connectivity index (χ4v) is 2.46. The van der Waals surface area contributed by atoms with Crippen molar-refractivity contribution < 1.29 is 9.59 Å². The Morgan fingerprint density at radius 1 is 1.25 bits per heavy atom. The predicted molar refractivity (Wildman–Crippen MR) is 72.0 cm³/mol. The van der Waals surface area contributed by atoms with Crippen LogP contribution in [0.25, 0.3) is 0 Å². The van der Waals surface area contributed by atoms with E-state index in [0.717, 1.165) is 31.4 Å². The SMILES string of the molecule is Cc1cnc(C(=O)N2CCCC2C(=O)NC2CC2)cn1. The topological polar surface area (TPSA) is 75.2 Å². The van der Waals surface area contributed by atoms with Crippen LogP contribution in [0.5, 0.6) is 0 Å². The Morgan fingerprint density at radius 2 is 2.05 bits per heavy atom. The third-order valence-electron chi connectivity index (χ3n) is 3.74. The number of aryl methyl sites for hydroxylation is 1. The molecule has 2 aliphatic rings. The maximum Gasteiger partial charge on any atom is 0.274 e.